The molecule has 4 nitrogen and oxygen atoms in total. The van der Waals surface area contributed by atoms with Gasteiger partial charge in [0.1, 0.15) is 17.0 Å². The van der Waals surface area contributed by atoms with Gasteiger partial charge in [0.05, 0.1) is 11.0 Å². The second-order valence-corrected chi connectivity index (χ2v) is 14.5. The molecular formula is C48H29N3OS. The Morgan fingerprint density at radius 1 is 0.472 bits per heavy atom. The Labute approximate surface area is 309 Å². The first-order valence-corrected chi connectivity index (χ1v) is 18.5. The van der Waals surface area contributed by atoms with Gasteiger partial charge in [0, 0.05) is 49.9 Å². The van der Waals surface area contributed by atoms with Crippen molar-refractivity contribution in [3.8, 4) is 39.2 Å². The summed E-state index contributed by atoms with van der Waals surface area (Å²) in [6.07, 6.45) is 10.2. The molecule has 0 N–H and O–H groups in total. The van der Waals surface area contributed by atoms with Crippen LogP contribution < -0.4 is 0 Å². The fraction of sp³-hybridized carbons (Fsp3) is 0. The predicted octanol–water partition coefficient (Wildman–Crippen LogP) is 13.1. The number of benzene rings is 6. The summed E-state index contributed by atoms with van der Waals surface area (Å²) in [5, 5.41) is 4.48. The van der Waals surface area contributed by atoms with Crippen LogP contribution in [-0.2, 0) is 0 Å². The van der Waals surface area contributed by atoms with Gasteiger partial charge >= 0.3 is 0 Å². The number of hydrogen-bond donors (Lipinski definition) is 0. The van der Waals surface area contributed by atoms with Gasteiger partial charge in [-0.1, -0.05) is 109 Å². The first kappa shape index (κ1) is 30.0. The number of nitrogens with zero attached hydrogens (tertiary/aromatic N) is 3. The Kier molecular flexibility index (Phi) is 6.76. The first-order valence-electron chi connectivity index (χ1n) is 17.7. The Morgan fingerprint density at radius 2 is 1.25 bits per heavy atom. The van der Waals surface area contributed by atoms with Gasteiger partial charge in [0.15, 0.2) is 0 Å². The molecule has 5 heterocycles. The van der Waals surface area contributed by atoms with Gasteiger partial charge in [-0.05, 0) is 105 Å². The molecule has 0 atom stereocenters. The summed E-state index contributed by atoms with van der Waals surface area (Å²) in [5.74, 6) is 0.886. The number of hydrogen-bond acceptors (Lipinski definition) is 4. The highest BCUT2D eigenvalue weighted by atomic mass is 32.2. The van der Waals surface area contributed by atoms with E-state index < -0.39 is 0 Å². The lowest BCUT2D eigenvalue weighted by Crippen LogP contribution is -1.96. The summed E-state index contributed by atoms with van der Waals surface area (Å²) in [6, 6.07) is 52.0. The Hall–Kier alpha value is -6.69. The molecule has 1 aliphatic heterocycles. The molecule has 53 heavy (non-hydrogen) atoms. The van der Waals surface area contributed by atoms with E-state index >= 15 is 0 Å². The maximum atomic E-state index is 6.51. The molecular weight excluding hydrogens is 667 g/mol. The number of aromatic nitrogens is 3. The van der Waals surface area contributed by atoms with Crippen LogP contribution in [0, 0.1) is 0 Å². The minimum atomic E-state index is 0.883. The zero-order valence-corrected chi connectivity index (χ0v) is 29.2. The minimum absolute atomic E-state index is 0.883. The van der Waals surface area contributed by atoms with Crippen molar-refractivity contribution in [2.24, 2.45) is 0 Å². The Morgan fingerprint density at radius 3 is 2.17 bits per heavy atom. The molecule has 5 heteroatoms. The van der Waals surface area contributed by atoms with E-state index in [0.29, 0.717) is 0 Å². The quantitative estimate of drug-likeness (QED) is 0.181. The first-order chi connectivity index (χ1) is 26.3. The molecule has 0 aliphatic carbocycles. The van der Waals surface area contributed by atoms with Crippen molar-refractivity contribution >= 4 is 67.7 Å². The SMILES string of the molecule is C1=Cc2ccc(-c3ccc4c(c3)c3cnccc3n4-c3ccccn3)cc2-c2cc3oc4ccccc4c3cc2Sc2ccccc2-c2ccccc21. The van der Waals surface area contributed by atoms with E-state index in [1.807, 2.05) is 54.6 Å². The van der Waals surface area contributed by atoms with Crippen LogP contribution in [-0.4, -0.2) is 14.5 Å². The van der Waals surface area contributed by atoms with Crippen molar-refractivity contribution in [3.05, 3.63) is 175 Å². The van der Waals surface area contributed by atoms with Crippen LogP contribution in [0.4, 0.5) is 0 Å². The average Bonchev–Trinajstić information content (AvgIpc) is 3.74. The summed E-state index contributed by atoms with van der Waals surface area (Å²) in [4.78, 5) is 11.6. The largest absolute Gasteiger partial charge is 0.456 e. The van der Waals surface area contributed by atoms with Crippen molar-refractivity contribution < 1.29 is 4.42 Å². The number of rotatable bonds is 2. The van der Waals surface area contributed by atoms with Crippen LogP contribution in [0.3, 0.4) is 0 Å². The van der Waals surface area contributed by atoms with E-state index in [1.54, 1.807) is 0 Å². The third-order valence-electron chi connectivity index (χ3n) is 10.4. The fourth-order valence-electron chi connectivity index (χ4n) is 7.90. The van der Waals surface area contributed by atoms with E-state index in [-0.39, 0.29) is 0 Å². The lowest BCUT2D eigenvalue weighted by Gasteiger charge is -2.16. The van der Waals surface area contributed by atoms with Gasteiger partial charge in [-0.15, -0.1) is 0 Å². The number of para-hydroxylation sites is 1. The number of pyridine rings is 2. The molecule has 11 rings (SSSR count). The zero-order valence-electron chi connectivity index (χ0n) is 28.4. The Bertz CT molecular complexity index is 3100. The molecule has 0 spiro atoms. The topological polar surface area (TPSA) is 43.9 Å². The van der Waals surface area contributed by atoms with Crippen molar-refractivity contribution in [1.82, 2.24) is 14.5 Å². The molecule has 0 fully saturated rings. The highest BCUT2D eigenvalue weighted by molar-refractivity contribution is 7.99. The molecule has 0 saturated carbocycles. The van der Waals surface area contributed by atoms with E-state index in [0.717, 1.165) is 77.4 Å². The highest BCUT2D eigenvalue weighted by Gasteiger charge is 2.20. The summed E-state index contributed by atoms with van der Waals surface area (Å²) in [5.41, 5.74) is 13.3. The second-order valence-electron chi connectivity index (χ2n) is 13.4. The Balaban J connectivity index is 1.16. The van der Waals surface area contributed by atoms with Gasteiger partial charge in [0.2, 0.25) is 0 Å². The molecule has 6 aromatic carbocycles. The summed E-state index contributed by atoms with van der Waals surface area (Å²) in [7, 11) is 0. The van der Waals surface area contributed by atoms with Crippen molar-refractivity contribution in [2.45, 2.75) is 9.79 Å². The third kappa shape index (κ3) is 4.85. The smallest absolute Gasteiger partial charge is 0.137 e. The summed E-state index contributed by atoms with van der Waals surface area (Å²) < 4.78 is 8.73. The molecule has 0 bridgehead atoms. The van der Waals surface area contributed by atoms with Gasteiger partial charge < -0.3 is 4.42 Å². The normalized spacial score (nSPS) is 12.4. The van der Waals surface area contributed by atoms with Crippen molar-refractivity contribution in [3.63, 3.8) is 0 Å². The molecule has 0 saturated heterocycles. The molecule has 0 radical (unpaired) electrons. The minimum Gasteiger partial charge on any atom is -0.456 e. The van der Waals surface area contributed by atoms with Gasteiger partial charge in [-0.25, -0.2) is 4.98 Å². The van der Waals surface area contributed by atoms with E-state index in [4.69, 9.17) is 9.40 Å². The monoisotopic (exact) mass is 695 g/mol. The standard InChI is InChI=1S/C48H29N3OS/c1-2-10-34-30(9-1)16-17-31-18-19-32(33-20-21-42-38(26-33)41-29-49-24-22-43(41)51(42)48-15-7-8-23-50-48)25-37(31)40-27-45-39(35-11-3-5-13-44(35)52-45)28-47(40)53-46-14-6-4-12-36(34)46/h1-29H. The van der Waals surface area contributed by atoms with Gasteiger partial charge in [-0.3, -0.25) is 9.55 Å². The zero-order chi connectivity index (χ0) is 34.9. The highest BCUT2D eigenvalue weighted by Crippen LogP contribution is 2.47. The van der Waals surface area contributed by atoms with Crippen molar-refractivity contribution in [2.75, 3.05) is 0 Å². The van der Waals surface area contributed by atoms with Gasteiger partial charge in [-0.2, -0.15) is 0 Å². The van der Waals surface area contributed by atoms with Gasteiger partial charge in [0.25, 0.3) is 0 Å². The second kappa shape index (κ2) is 11.9. The third-order valence-corrected chi connectivity index (χ3v) is 11.5. The number of furan rings is 1. The maximum absolute atomic E-state index is 6.51. The maximum Gasteiger partial charge on any atom is 0.137 e. The molecule has 0 unspecified atom stereocenters. The lowest BCUT2D eigenvalue weighted by molar-refractivity contribution is 0.669. The van der Waals surface area contributed by atoms with Crippen LogP contribution in [0.2, 0.25) is 0 Å². The molecule has 1 aliphatic rings. The van der Waals surface area contributed by atoms with E-state index in [2.05, 4.69) is 143 Å². The van der Waals surface area contributed by atoms with E-state index in [1.165, 1.54) is 26.5 Å². The predicted molar refractivity (Wildman–Crippen MR) is 219 cm³/mol. The van der Waals surface area contributed by atoms with Crippen LogP contribution >= 0.6 is 11.8 Å². The van der Waals surface area contributed by atoms with Crippen molar-refractivity contribution in [1.29, 1.82) is 0 Å². The van der Waals surface area contributed by atoms with E-state index in [9.17, 15) is 0 Å². The summed E-state index contributed by atoms with van der Waals surface area (Å²) >= 11 is 1.82. The van der Waals surface area contributed by atoms with Crippen LogP contribution in [0.1, 0.15) is 11.1 Å². The summed E-state index contributed by atoms with van der Waals surface area (Å²) in [6.45, 7) is 0. The molecule has 4 aromatic heterocycles. The van der Waals surface area contributed by atoms with Crippen LogP contribution in [0.15, 0.2) is 178 Å². The lowest BCUT2D eigenvalue weighted by atomic mass is 9.92. The number of fused-ring (bicyclic) bond motifs is 12. The molecule has 248 valence electrons. The van der Waals surface area contributed by atoms with Crippen LogP contribution in [0.5, 0.6) is 0 Å². The fourth-order valence-corrected chi connectivity index (χ4v) is 9.03. The molecule has 10 aromatic rings. The van der Waals surface area contributed by atoms with Crippen LogP contribution in [0.25, 0.3) is 95.1 Å². The molecule has 0 amide bonds. The average molecular weight is 696 g/mol.